The summed E-state index contributed by atoms with van der Waals surface area (Å²) in [5, 5.41) is 0. The van der Waals surface area contributed by atoms with E-state index in [0.29, 0.717) is 18.8 Å². The maximum absolute atomic E-state index is 12.9. The number of carbonyl (C=O) groups excluding carboxylic acids is 3. The Bertz CT molecular complexity index is 671. The van der Waals surface area contributed by atoms with Gasteiger partial charge in [0.05, 0.1) is 30.7 Å². The summed E-state index contributed by atoms with van der Waals surface area (Å²) in [5.74, 6) is -0.806. The van der Waals surface area contributed by atoms with E-state index in [-0.39, 0.29) is 30.1 Å². The van der Waals surface area contributed by atoms with E-state index >= 15 is 0 Å². The summed E-state index contributed by atoms with van der Waals surface area (Å²) in [5.41, 5.74) is 1.69. The zero-order valence-electron chi connectivity index (χ0n) is 14.7. The van der Waals surface area contributed by atoms with Crippen molar-refractivity contribution < 1.29 is 19.1 Å². The van der Waals surface area contributed by atoms with Gasteiger partial charge in [0, 0.05) is 6.54 Å². The van der Waals surface area contributed by atoms with Crippen molar-refractivity contribution in [2.24, 2.45) is 5.92 Å². The van der Waals surface area contributed by atoms with Gasteiger partial charge < -0.3 is 4.74 Å². The number of rotatable bonds is 4. The minimum Gasteiger partial charge on any atom is -0.466 e. The van der Waals surface area contributed by atoms with E-state index in [9.17, 15) is 14.4 Å². The van der Waals surface area contributed by atoms with E-state index in [1.807, 2.05) is 24.0 Å². The molecule has 0 unspecified atom stereocenters. The van der Waals surface area contributed by atoms with Crippen LogP contribution in [0.1, 0.15) is 31.7 Å². The lowest BCUT2D eigenvalue weighted by Gasteiger charge is -2.34. The molecule has 0 spiro atoms. The number of aryl methyl sites for hydroxylation is 1. The third-order valence-electron chi connectivity index (χ3n) is 4.93. The molecule has 0 radical (unpaired) electrons. The number of amides is 2. The quantitative estimate of drug-likeness (QED) is 0.616. The van der Waals surface area contributed by atoms with E-state index in [0.717, 1.165) is 24.9 Å². The summed E-state index contributed by atoms with van der Waals surface area (Å²) in [7, 11) is 0. The van der Waals surface area contributed by atoms with Crippen molar-refractivity contribution in [2.45, 2.75) is 39.2 Å². The van der Waals surface area contributed by atoms with Gasteiger partial charge >= 0.3 is 5.97 Å². The number of likely N-dealkylation sites (tertiary alicyclic amines) is 1. The molecular formula is C19H24N2O4. The summed E-state index contributed by atoms with van der Waals surface area (Å²) >= 11 is 0. The number of carbonyl (C=O) groups is 3. The summed E-state index contributed by atoms with van der Waals surface area (Å²) in [6, 6.07) is 6.89. The van der Waals surface area contributed by atoms with Crippen LogP contribution < -0.4 is 4.90 Å². The number of hydrogen-bond donors (Lipinski definition) is 0. The van der Waals surface area contributed by atoms with Gasteiger partial charge in [-0.25, -0.2) is 4.90 Å². The highest BCUT2D eigenvalue weighted by atomic mass is 16.5. The molecule has 2 amide bonds. The zero-order chi connectivity index (χ0) is 18.0. The predicted molar refractivity (Wildman–Crippen MR) is 93.0 cm³/mol. The Morgan fingerprint density at radius 1 is 1.24 bits per heavy atom. The van der Waals surface area contributed by atoms with Gasteiger partial charge in [-0.05, 0) is 45.4 Å². The maximum Gasteiger partial charge on any atom is 0.310 e. The molecule has 2 heterocycles. The first-order valence-corrected chi connectivity index (χ1v) is 8.85. The van der Waals surface area contributed by atoms with Crippen LogP contribution in [0, 0.1) is 12.8 Å². The van der Waals surface area contributed by atoms with Crippen molar-refractivity contribution in [3.8, 4) is 0 Å². The Morgan fingerprint density at radius 2 is 1.96 bits per heavy atom. The first-order chi connectivity index (χ1) is 12.0. The second-order valence-electron chi connectivity index (χ2n) is 6.71. The maximum atomic E-state index is 12.9. The van der Waals surface area contributed by atoms with E-state index in [2.05, 4.69) is 0 Å². The van der Waals surface area contributed by atoms with Crippen LogP contribution >= 0.6 is 0 Å². The van der Waals surface area contributed by atoms with Crippen LogP contribution in [-0.2, 0) is 19.1 Å². The molecule has 2 aliphatic heterocycles. The highest BCUT2D eigenvalue weighted by Crippen LogP contribution is 2.29. The first-order valence-electron chi connectivity index (χ1n) is 8.85. The lowest BCUT2D eigenvalue weighted by atomic mass is 9.96. The van der Waals surface area contributed by atoms with Crippen LogP contribution in [-0.4, -0.2) is 48.4 Å². The van der Waals surface area contributed by atoms with Gasteiger partial charge in [0.15, 0.2) is 0 Å². The van der Waals surface area contributed by atoms with Crippen molar-refractivity contribution in [1.82, 2.24) is 4.90 Å². The Hall–Kier alpha value is -2.21. The number of nitrogens with zero attached hydrogens (tertiary/aromatic N) is 2. The number of benzene rings is 1. The van der Waals surface area contributed by atoms with E-state index in [4.69, 9.17) is 4.74 Å². The fourth-order valence-electron chi connectivity index (χ4n) is 3.61. The Balaban J connectivity index is 1.73. The molecular weight excluding hydrogens is 320 g/mol. The van der Waals surface area contributed by atoms with Crippen molar-refractivity contribution in [3.05, 3.63) is 29.8 Å². The molecule has 6 heteroatoms. The highest BCUT2D eigenvalue weighted by Gasteiger charge is 2.44. The molecule has 0 saturated carbocycles. The smallest absolute Gasteiger partial charge is 0.310 e. The number of ether oxygens (including phenoxy) is 1. The van der Waals surface area contributed by atoms with Crippen LogP contribution in [0.4, 0.5) is 5.69 Å². The molecule has 134 valence electrons. The van der Waals surface area contributed by atoms with Crippen molar-refractivity contribution in [3.63, 3.8) is 0 Å². The predicted octanol–water partition coefficient (Wildman–Crippen LogP) is 1.90. The molecule has 2 atom stereocenters. The summed E-state index contributed by atoms with van der Waals surface area (Å²) in [6.07, 6.45) is 1.76. The number of hydrogen-bond acceptors (Lipinski definition) is 5. The second-order valence-corrected chi connectivity index (χ2v) is 6.71. The number of anilines is 1. The average molecular weight is 344 g/mol. The topological polar surface area (TPSA) is 66.9 Å². The van der Waals surface area contributed by atoms with Crippen LogP contribution in [0.3, 0.4) is 0 Å². The van der Waals surface area contributed by atoms with Crippen molar-refractivity contribution in [1.29, 1.82) is 0 Å². The lowest BCUT2D eigenvalue weighted by Crippen LogP contribution is -2.48. The minimum atomic E-state index is -0.481. The van der Waals surface area contributed by atoms with Gasteiger partial charge in [-0.1, -0.05) is 17.7 Å². The van der Waals surface area contributed by atoms with Gasteiger partial charge in [0.1, 0.15) is 0 Å². The van der Waals surface area contributed by atoms with Gasteiger partial charge in [0.2, 0.25) is 5.91 Å². The first kappa shape index (κ1) is 17.6. The summed E-state index contributed by atoms with van der Waals surface area (Å²) < 4.78 is 5.11. The lowest BCUT2D eigenvalue weighted by molar-refractivity contribution is -0.150. The summed E-state index contributed by atoms with van der Waals surface area (Å²) in [4.78, 5) is 40.5. The molecule has 0 aromatic heterocycles. The van der Waals surface area contributed by atoms with Crippen LogP contribution in [0.25, 0.3) is 0 Å². The molecule has 0 bridgehead atoms. The highest BCUT2D eigenvalue weighted by molar-refractivity contribution is 6.22. The van der Waals surface area contributed by atoms with E-state index < -0.39 is 6.04 Å². The molecule has 25 heavy (non-hydrogen) atoms. The normalized spacial score (nSPS) is 24.6. The minimum absolute atomic E-state index is 0.169. The van der Waals surface area contributed by atoms with Crippen LogP contribution in [0.2, 0.25) is 0 Å². The fourth-order valence-corrected chi connectivity index (χ4v) is 3.61. The molecule has 1 aromatic rings. The Morgan fingerprint density at radius 3 is 2.64 bits per heavy atom. The molecule has 6 nitrogen and oxygen atoms in total. The zero-order valence-corrected chi connectivity index (χ0v) is 14.7. The molecule has 2 fully saturated rings. The SMILES string of the molecule is CCOC(=O)[C@H]1CCCN([C@@H]2CC(=O)N(c3ccc(C)cc3)C2=O)C1. The van der Waals surface area contributed by atoms with Gasteiger partial charge in [0.25, 0.3) is 5.91 Å². The molecule has 0 aliphatic carbocycles. The second kappa shape index (κ2) is 7.35. The van der Waals surface area contributed by atoms with Crippen molar-refractivity contribution >= 4 is 23.5 Å². The monoisotopic (exact) mass is 344 g/mol. The number of piperidine rings is 1. The summed E-state index contributed by atoms with van der Waals surface area (Å²) in [6.45, 7) is 5.31. The average Bonchev–Trinajstić information content (AvgIpc) is 2.91. The molecule has 0 N–H and O–H groups in total. The van der Waals surface area contributed by atoms with Gasteiger partial charge in [-0.15, -0.1) is 0 Å². The fraction of sp³-hybridized carbons (Fsp3) is 0.526. The molecule has 1 aromatic carbocycles. The van der Waals surface area contributed by atoms with Gasteiger partial charge in [-0.2, -0.15) is 0 Å². The third-order valence-corrected chi connectivity index (χ3v) is 4.93. The third kappa shape index (κ3) is 3.58. The van der Waals surface area contributed by atoms with E-state index in [1.165, 1.54) is 4.90 Å². The Labute approximate surface area is 147 Å². The van der Waals surface area contributed by atoms with Crippen LogP contribution in [0.5, 0.6) is 0 Å². The van der Waals surface area contributed by atoms with Crippen LogP contribution in [0.15, 0.2) is 24.3 Å². The molecule has 2 aliphatic rings. The number of esters is 1. The van der Waals surface area contributed by atoms with Crippen molar-refractivity contribution in [2.75, 3.05) is 24.6 Å². The largest absolute Gasteiger partial charge is 0.466 e. The van der Waals surface area contributed by atoms with Gasteiger partial charge in [-0.3, -0.25) is 19.3 Å². The number of imide groups is 1. The molecule has 3 rings (SSSR count). The van der Waals surface area contributed by atoms with E-state index in [1.54, 1.807) is 19.1 Å². The Kier molecular flexibility index (Phi) is 5.18. The standard InChI is InChI=1S/C19H24N2O4/c1-3-25-19(24)14-5-4-10-20(12-14)16-11-17(22)21(18(16)23)15-8-6-13(2)7-9-15/h6-9,14,16H,3-5,10-12H2,1-2H3/t14-,16+/m0/s1. The molecule has 2 saturated heterocycles.